The Hall–Kier alpha value is -0.710. The summed E-state index contributed by atoms with van der Waals surface area (Å²) in [5.74, 6) is -0.595. The van der Waals surface area contributed by atoms with E-state index in [0.717, 1.165) is 6.26 Å². The number of ether oxygens (including phenoxy) is 1. The van der Waals surface area contributed by atoms with E-state index >= 15 is 0 Å². The molecule has 1 aromatic rings. The minimum atomic E-state index is -3.75. The van der Waals surface area contributed by atoms with Gasteiger partial charge in [0, 0.05) is 4.43 Å². The summed E-state index contributed by atoms with van der Waals surface area (Å²) >= 11 is 1.93. The summed E-state index contributed by atoms with van der Waals surface area (Å²) in [7, 11) is -3.75. The van der Waals surface area contributed by atoms with Crippen LogP contribution < -0.4 is 0 Å². The molecule has 6 nitrogen and oxygen atoms in total. The molecule has 1 N–H and O–H groups in total. The fourth-order valence-electron chi connectivity index (χ4n) is 1.42. The summed E-state index contributed by atoms with van der Waals surface area (Å²) < 4.78 is 32.4. The number of aliphatic hydroxyl groups excluding tert-OH is 1. The van der Waals surface area contributed by atoms with Gasteiger partial charge >= 0.3 is 5.97 Å². The number of carbonyl (C=O) groups is 1. The molecule has 1 aromatic carbocycles. The molecular weight excluding hydrogens is 399 g/mol. The number of alkyl halides is 1. The first-order chi connectivity index (χ1) is 9.37. The van der Waals surface area contributed by atoms with Crippen molar-refractivity contribution >= 4 is 38.7 Å². The van der Waals surface area contributed by atoms with Crippen molar-refractivity contribution in [2.45, 2.75) is 12.2 Å². The van der Waals surface area contributed by atoms with E-state index in [4.69, 9.17) is 8.92 Å². The lowest BCUT2D eigenvalue weighted by Gasteiger charge is -2.23. The Morgan fingerprint density at radius 1 is 1.30 bits per heavy atom. The second-order valence-corrected chi connectivity index (χ2v) is 6.47. The van der Waals surface area contributed by atoms with Crippen molar-refractivity contribution in [1.82, 2.24) is 0 Å². The fraction of sp³-hybridized carbons (Fsp3) is 0.417. The first-order valence-corrected chi connectivity index (χ1v) is 9.02. The predicted octanol–water partition coefficient (Wildman–Crippen LogP) is 0.984. The number of halogens is 1. The van der Waals surface area contributed by atoms with Crippen LogP contribution in [0.4, 0.5) is 0 Å². The van der Waals surface area contributed by atoms with Gasteiger partial charge in [0.2, 0.25) is 0 Å². The SMILES string of the molecule is CS(=O)(=O)O[C@H](CO)[C@H](CI)OC(=O)c1ccccc1. The Morgan fingerprint density at radius 3 is 2.35 bits per heavy atom. The van der Waals surface area contributed by atoms with Crippen LogP contribution in [0.5, 0.6) is 0 Å². The van der Waals surface area contributed by atoms with Crippen LogP contribution in [0.2, 0.25) is 0 Å². The van der Waals surface area contributed by atoms with Crippen molar-refractivity contribution in [2.24, 2.45) is 0 Å². The number of hydrogen-bond acceptors (Lipinski definition) is 6. The molecule has 0 aliphatic carbocycles. The van der Waals surface area contributed by atoms with Gasteiger partial charge in [0.15, 0.2) is 0 Å². The van der Waals surface area contributed by atoms with Crippen LogP contribution >= 0.6 is 22.6 Å². The van der Waals surface area contributed by atoms with Gasteiger partial charge in [-0.05, 0) is 12.1 Å². The number of rotatable bonds is 7. The Morgan fingerprint density at radius 2 is 1.90 bits per heavy atom. The lowest BCUT2D eigenvalue weighted by Crippen LogP contribution is -2.38. The first-order valence-electron chi connectivity index (χ1n) is 5.68. The largest absolute Gasteiger partial charge is 0.455 e. The maximum absolute atomic E-state index is 11.9. The highest BCUT2D eigenvalue weighted by Crippen LogP contribution is 2.13. The van der Waals surface area contributed by atoms with E-state index in [2.05, 4.69) is 0 Å². The van der Waals surface area contributed by atoms with E-state index in [1.54, 1.807) is 30.3 Å². The van der Waals surface area contributed by atoms with Gasteiger partial charge in [0.25, 0.3) is 10.1 Å². The molecule has 0 heterocycles. The summed E-state index contributed by atoms with van der Waals surface area (Å²) in [6, 6.07) is 8.30. The van der Waals surface area contributed by atoms with Gasteiger partial charge in [-0.25, -0.2) is 4.79 Å². The third-order valence-electron chi connectivity index (χ3n) is 2.31. The summed E-state index contributed by atoms with van der Waals surface area (Å²) in [5, 5.41) is 9.19. The normalized spacial score (nSPS) is 14.6. The zero-order valence-corrected chi connectivity index (χ0v) is 13.7. The Balaban J connectivity index is 2.77. The molecule has 0 unspecified atom stereocenters. The van der Waals surface area contributed by atoms with Crippen LogP contribution in [-0.2, 0) is 19.0 Å². The van der Waals surface area contributed by atoms with Crippen molar-refractivity contribution < 1.29 is 27.2 Å². The smallest absolute Gasteiger partial charge is 0.338 e. The number of carbonyl (C=O) groups excluding carboxylic acids is 1. The van der Waals surface area contributed by atoms with E-state index in [1.165, 1.54) is 0 Å². The van der Waals surface area contributed by atoms with E-state index < -0.39 is 34.9 Å². The monoisotopic (exact) mass is 414 g/mol. The summed E-state index contributed by atoms with van der Waals surface area (Å²) in [4.78, 5) is 11.9. The summed E-state index contributed by atoms with van der Waals surface area (Å²) in [5.41, 5.74) is 0.346. The third kappa shape index (κ3) is 5.73. The highest BCUT2D eigenvalue weighted by Gasteiger charge is 2.28. The molecule has 1 rings (SSSR count). The fourth-order valence-corrected chi connectivity index (χ4v) is 2.80. The van der Waals surface area contributed by atoms with Crippen molar-refractivity contribution in [3.05, 3.63) is 35.9 Å². The number of hydrogen-bond donors (Lipinski definition) is 1. The molecule has 0 aliphatic rings. The zero-order chi connectivity index (χ0) is 15.2. The second kappa shape index (κ2) is 7.91. The Kier molecular flexibility index (Phi) is 6.86. The van der Waals surface area contributed by atoms with Gasteiger partial charge in [-0.15, -0.1) is 0 Å². The molecular formula is C12H15IO6S. The molecule has 0 bridgehead atoms. The van der Waals surface area contributed by atoms with Crippen LogP contribution in [-0.4, -0.2) is 49.0 Å². The van der Waals surface area contributed by atoms with E-state index in [1.807, 2.05) is 22.6 Å². The molecule has 0 spiro atoms. The average Bonchev–Trinajstić information content (AvgIpc) is 2.42. The molecule has 0 saturated carbocycles. The standard InChI is InChI=1S/C12H15IO6S/c1-20(16,17)19-11(8-14)10(7-13)18-12(15)9-5-3-2-4-6-9/h2-6,10-11,14H,7-8H2,1H3/t10-,11+/m0/s1. The van der Waals surface area contributed by atoms with Crippen LogP contribution in [0.25, 0.3) is 0 Å². The Bertz CT molecular complexity index is 530. The van der Waals surface area contributed by atoms with Crippen LogP contribution in [0.1, 0.15) is 10.4 Å². The van der Waals surface area contributed by atoms with Gasteiger partial charge in [0.1, 0.15) is 12.2 Å². The van der Waals surface area contributed by atoms with E-state index in [-0.39, 0.29) is 4.43 Å². The lowest BCUT2D eigenvalue weighted by atomic mass is 10.2. The molecule has 0 aromatic heterocycles. The van der Waals surface area contributed by atoms with Crippen molar-refractivity contribution in [2.75, 3.05) is 17.3 Å². The molecule has 0 aliphatic heterocycles. The molecule has 20 heavy (non-hydrogen) atoms. The van der Waals surface area contributed by atoms with Crippen LogP contribution in [0.15, 0.2) is 30.3 Å². The maximum atomic E-state index is 11.9. The minimum absolute atomic E-state index is 0.289. The van der Waals surface area contributed by atoms with Crippen LogP contribution in [0.3, 0.4) is 0 Å². The summed E-state index contributed by atoms with van der Waals surface area (Å²) in [6.07, 6.45) is -1.10. The number of esters is 1. The second-order valence-electron chi connectivity index (χ2n) is 3.99. The summed E-state index contributed by atoms with van der Waals surface area (Å²) in [6.45, 7) is -0.567. The molecule has 112 valence electrons. The topological polar surface area (TPSA) is 89.9 Å². The quantitative estimate of drug-likeness (QED) is 0.310. The lowest BCUT2D eigenvalue weighted by molar-refractivity contribution is -0.0137. The number of aliphatic hydroxyl groups is 1. The van der Waals surface area contributed by atoms with Crippen molar-refractivity contribution in [3.63, 3.8) is 0 Å². The molecule has 8 heteroatoms. The van der Waals surface area contributed by atoms with Gasteiger partial charge in [0.05, 0.1) is 18.4 Å². The third-order valence-corrected chi connectivity index (χ3v) is 3.78. The molecule has 0 fully saturated rings. The van der Waals surface area contributed by atoms with Gasteiger partial charge in [-0.3, -0.25) is 4.18 Å². The first kappa shape index (κ1) is 17.3. The Labute approximate surface area is 131 Å². The minimum Gasteiger partial charge on any atom is -0.455 e. The van der Waals surface area contributed by atoms with Crippen molar-refractivity contribution in [1.29, 1.82) is 0 Å². The van der Waals surface area contributed by atoms with Gasteiger partial charge in [-0.2, -0.15) is 8.42 Å². The highest BCUT2D eigenvalue weighted by molar-refractivity contribution is 14.1. The molecule has 2 atom stereocenters. The number of benzene rings is 1. The molecule has 0 radical (unpaired) electrons. The average molecular weight is 414 g/mol. The zero-order valence-electron chi connectivity index (χ0n) is 10.7. The van der Waals surface area contributed by atoms with Gasteiger partial charge < -0.3 is 9.84 Å². The van der Waals surface area contributed by atoms with Crippen LogP contribution in [0, 0.1) is 0 Å². The van der Waals surface area contributed by atoms with E-state index in [9.17, 15) is 18.3 Å². The predicted molar refractivity (Wildman–Crippen MR) is 81.3 cm³/mol. The maximum Gasteiger partial charge on any atom is 0.338 e. The van der Waals surface area contributed by atoms with E-state index in [0.29, 0.717) is 5.56 Å². The molecule has 0 amide bonds. The highest BCUT2D eigenvalue weighted by atomic mass is 127. The molecule has 0 saturated heterocycles. The van der Waals surface area contributed by atoms with Crippen molar-refractivity contribution in [3.8, 4) is 0 Å². The van der Waals surface area contributed by atoms with Gasteiger partial charge in [-0.1, -0.05) is 40.8 Å².